The molecule has 1 amide bonds. The molecule has 7 heteroatoms. The maximum atomic E-state index is 13.4. The van der Waals surface area contributed by atoms with Gasteiger partial charge in [0.25, 0.3) is 5.91 Å². The third-order valence-corrected chi connectivity index (χ3v) is 7.68. The molecule has 0 radical (unpaired) electrons. The number of benzene rings is 1. The number of nitrogens with zero attached hydrogens (tertiary/aromatic N) is 3. The van der Waals surface area contributed by atoms with E-state index in [1.807, 2.05) is 23.1 Å². The van der Waals surface area contributed by atoms with Gasteiger partial charge in [0.15, 0.2) is 0 Å². The van der Waals surface area contributed by atoms with E-state index < -0.39 is 0 Å². The van der Waals surface area contributed by atoms with Crippen LogP contribution in [0.25, 0.3) is 0 Å². The molecule has 36 heavy (non-hydrogen) atoms. The second-order valence-electron chi connectivity index (χ2n) is 10.7. The molecule has 0 spiro atoms. The lowest BCUT2D eigenvalue weighted by Gasteiger charge is -2.43. The molecule has 1 aromatic carbocycles. The maximum Gasteiger partial charge on any atom is 0.257 e. The van der Waals surface area contributed by atoms with Crippen LogP contribution in [0.5, 0.6) is 0 Å². The van der Waals surface area contributed by atoms with Crippen molar-refractivity contribution in [3.8, 4) is 0 Å². The van der Waals surface area contributed by atoms with Crippen LogP contribution < -0.4 is 4.90 Å². The van der Waals surface area contributed by atoms with Crippen molar-refractivity contribution in [3.05, 3.63) is 82.4 Å². The summed E-state index contributed by atoms with van der Waals surface area (Å²) in [5.41, 5.74) is 5.82. The van der Waals surface area contributed by atoms with Gasteiger partial charge in [0, 0.05) is 49.3 Å². The second kappa shape index (κ2) is 8.89. The predicted molar refractivity (Wildman–Crippen MR) is 138 cm³/mol. The normalized spacial score (nSPS) is 21.2. The summed E-state index contributed by atoms with van der Waals surface area (Å²) in [6, 6.07) is 11.8. The molecule has 1 atom stereocenters. The average Bonchev–Trinajstić information content (AvgIpc) is 3.59. The molecule has 1 saturated heterocycles. The van der Waals surface area contributed by atoms with Crippen LogP contribution >= 0.6 is 0 Å². The van der Waals surface area contributed by atoms with Gasteiger partial charge in [-0.05, 0) is 43.9 Å². The van der Waals surface area contributed by atoms with Gasteiger partial charge in [0.05, 0.1) is 35.8 Å². The van der Waals surface area contributed by atoms with Gasteiger partial charge < -0.3 is 24.4 Å². The highest BCUT2D eigenvalue weighted by molar-refractivity contribution is 5.94. The van der Waals surface area contributed by atoms with Crippen LogP contribution in [0.1, 0.15) is 77.0 Å². The summed E-state index contributed by atoms with van der Waals surface area (Å²) in [6.07, 6.45) is 7.61. The number of hydrogen-bond donors (Lipinski definition) is 1. The number of furan rings is 1. The number of pyridine rings is 1. The molecule has 1 aliphatic carbocycles. The van der Waals surface area contributed by atoms with Crippen LogP contribution in [-0.4, -0.2) is 47.2 Å². The summed E-state index contributed by atoms with van der Waals surface area (Å²) in [4.78, 5) is 22.8. The Bertz CT molecular complexity index is 1280. The highest BCUT2D eigenvalue weighted by Crippen LogP contribution is 2.46. The van der Waals surface area contributed by atoms with Gasteiger partial charge in [-0.25, -0.2) is 4.98 Å². The molecule has 3 aromatic rings. The molecule has 0 bridgehead atoms. The Kier molecular flexibility index (Phi) is 5.67. The predicted octanol–water partition coefficient (Wildman–Crippen LogP) is 5.10. The standard InChI is InChI=1S/C29H32N4O3/c1-29(2)14-22-23(15-30)27(31-26(20-8-9-20)24(22)18-36-29)32-11-12-33(28(34)21-10-13-35-17-21)25(16-32)19-6-4-3-5-7-19/h3-7,10,13,15,17,20,25,30H,8-9,11-12,14,16,18H2,1-2H3/t25-/m0/s1. The van der Waals surface area contributed by atoms with Crippen molar-refractivity contribution in [1.82, 2.24) is 9.88 Å². The molecule has 7 nitrogen and oxygen atoms in total. The Morgan fingerprint density at radius 3 is 2.64 bits per heavy atom. The minimum Gasteiger partial charge on any atom is -0.472 e. The van der Waals surface area contributed by atoms with E-state index in [1.54, 1.807) is 12.3 Å². The second-order valence-corrected chi connectivity index (χ2v) is 10.7. The zero-order valence-corrected chi connectivity index (χ0v) is 20.9. The smallest absolute Gasteiger partial charge is 0.257 e. The van der Waals surface area contributed by atoms with E-state index in [4.69, 9.17) is 19.5 Å². The summed E-state index contributed by atoms with van der Waals surface area (Å²) < 4.78 is 11.4. The minimum absolute atomic E-state index is 0.0273. The molecule has 0 unspecified atom stereocenters. The van der Waals surface area contributed by atoms with E-state index in [-0.39, 0.29) is 17.6 Å². The molecule has 6 rings (SSSR count). The number of nitrogens with one attached hydrogen (secondary N) is 1. The van der Waals surface area contributed by atoms with E-state index in [9.17, 15) is 4.79 Å². The third-order valence-electron chi connectivity index (χ3n) is 7.68. The lowest BCUT2D eigenvalue weighted by Crippen LogP contribution is -2.51. The van der Waals surface area contributed by atoms with Crippen LogP contribution in [0.3, 0.4) is 0 Å². The highest BCUT2D eigenvalue weighted by Gasteiger charge is 2.39. The van der Waals surface area contributed by atoms with E-state index in [2.05, 4.69) is 30.9 Å². The van der Waals surface area contributed by atoms with Gasteiger partial charge in [-0.15, -0.1) is 0 Å². The Balaban J connectivity index is 1.41. The van der Waals surface area contributed by atoms with Gasteiger partial charge in [0.2, 0.25) is 0 Å². The Morgan fingerprint density at radius 1 is 1.14 bits per heavy atom. The summed E-state index contributed by atoms with van der Waals surface area (Å²) in [5, 5.41) is 8.38. The van der Waals surface area contributed by atoms with Crippen LogP contribution in [-0.2, 0) is 17.8 Å². The fourth-order valence-corrected chi connectivity index (χ4v) is 5.62. The molecule has 1 N–H and O–H groups in total. The number of piperazine rings is 1. The van der Waals surface area contributed by atoms with Gasteiger partial charge in [-0.3, -0.25) is 4.79 Å². The quantitative estimate of drug-likeness (QED) is 0.509. The fourth-order valence-electron chi connectivity index (χ4n) is 5.62. The molecule has 4 heterocycles. The molecule has 2 fully saturated rings. The van der Waals surface area contributed by atoms with Crippen molar-refractivity contribution in [2.45, 2.75) is 57.3 Å². The maximum absolute atomic E-state index is 13.4. The largest absolute Gasteiger partial charge is 0.472 e. The van der Waals surface area contributed by atoms with E-state index in [0.717, 1.165) is 41.9 Å². The topological polar surface area (TPSA) is 82.7 Å². The van der Waals surface area contributed by atoms with Crippen LogP contribution in [0.15, 0.2) is 53.3 Å². The van der Waals surface area contributed by atoms with Crippen molar-refractivity contribution in [3.63, 3.8) is 0 Å². The van der Waals surface area contributed by atoms with E-state index in [1.165, 1.54) is 23.6 Å². The first-order valence-electron chi connectivity index (χ1n) is 12.8. The zero-order chi connectivity index (χ0) is 24.9. The van der Waals surface area contributed by atoms with Gasteiger partial charge in [-0.2, -0.15) is 0 Å². The molecule has 2 aromatic heterocycles. The monoisotopic (exact) mass is 484 g/mol. The van der Waals surface area contributed by atoms with Crippen LogP contribution in [0, 0.1) is 5.41 Å². The first kappa shape index (κ1) is 23.0. The average molecular weight is 485 g/mol. The van der Waals surface area contributed by atoms with E-state index >= 15 is 0 Å². The van der Waals surface area contributed by atoms with Crippen molar-refractivity contribution < 1.29 is 13.9 Å². The molecule has 1 saturated carbocycles. The zero-order valence-electron chi connectivity index (χ0n) is 20.9. The Morgan fingerprint density at radius 2 is 1.94 bits per heavy atom. The molecular weight excluding hydrogens is 452 g/mol. The molecule has 2 aliphatic heterocycles. The lowest BCUT2D eigenvalue weighted by molar-refractivity contribution is -0.0406. The van der Waals surface area contributed by atoms with Crippen molar-refractivity contribution >= 4 is 17.9 Å². The summed E-state index contributed by atoms with van der Waals surface area (Å²) in [7, 11) is 0. The van der Waals surface area contributed by atoms with E-state index in [0.29, 0.717) is 37.7 Å². The van der Waals surface area contributed by atoms with Gasteiger partial charge in [0.1, 0.15) is 12.1 Å². The Hall–Kier alpha value is -3.45. The number of anilines is 1. The van der Waals surface area contributed by atoms with Crippen molar-refractivity contribution in [2.24, 2.45) is 0 Å². The van der Waals surface area contributed by atoms with Crippen molar-refractivity contribution in [2.75, 3.05) is 24.5 Å². The molecule has 3 aliphatic rings. The first-order valence-corrected chi connectivity index (χ1v) is 12.8. The lowest BCUT2D eigenvalue weighted by atomic mass is 9.87. The summed E-state index contributed by atoms with van der Waals surface area (Å²) in [5.74, 6) is 1.33. The minimum atomic E-state index is -0.271. The number of carbonyl (C=O) groups is 1. The number of fused-ring (bicyclic) bond motifs is 1. The van der Waals surface area contributed by atoms with Crippen molar-refractivity contribution in [1.29, 1.82) is 5.41 Å². The number of hydrogen-bond acceptors (Lipinski definition) is 6. The van der Waals surface area contributed by atoms with Gasteiger partial charge >= 0.3 is 0 Å². The summed E-state index contributed by atoms with van der Waals surface area (Å²) in [6.45, 7) is 6.63. The fraction of sp³-hybridized carbons (Fsp3) is 0.414. The number of rotatable bonds is 5. The van der Waals surface area contributed by atoms with Crippen LogP contribution in [0.2, 0.25) is 0 Å². The van der Waals surface area contributed by atoms with Crippen LogP contribution in [0.4, 0.5) is 5.82 Å². The number of aromatic nitrogens is 1. The molecular formula is C29H32N4O3. The SMILES string of the molecule is CC1(C)Cc2c(C=N)c(N3CCN(C(=O)c4ccoc4)[C@H](c4ccccc4)C3)nc(C3CC3)c2CO1. The first-order chi connectivity index (χ1) is 17.4. The highest BCUT2D eigenvalue weighted by atomic mass is 16.5. The third kappa shape index (κ3) is 4.11. The summed E-state index contributed by atoms with van der Waals surface area (Å²) >= 11 is 0. The number of carbonyl (C=O) groups excluding carboxylic acids is 1. The molecule has 186 valence electrons. The Labute approximate surface area is 211 Å². The number of ether oxygens (including phenoxy) is 1. The van der Waals surface area contributed by atoms with Gasteiger partial charge in [-0.1, -0.05) is 30.3 Å². The number of amides is 1.